The molecule has 1 aromatic rings. The Labute approximate surface area is 129 Å². The lowest BCUT2D eigenvalue weighted by atomic mass is 10.1. The number of rotatable bonds is 8. The van der Waals surface area contributed by atoms with E-state index in [2.05, 4.69) is 5.32 Å². The first-order valence-electron chi connectivity index (χ1n) is 6.43. The molecule has 1 atom stereocenters. The van der Waals surface area contributed by atoms with E-state index in [4.69, 9.17) is 27.9 Å². The minimum atomic E-state index is -0.845. The van der Waals surface area contributed by atoms with E-state index in [0.29, 0.717) is 28.6 Å². The van der Waals surface area contributed by atoms with Crippen LogP contribution in [0.15, 0.2) is 18.2 Å². The van der Waals surface area contributed by atoms with Crippen LogP contribution >= 0.6 is 23.2 Å². The van der Waals surface area contributed by atoms with E-state index in [-0.39, 0.29) is 12.5 Å². The van der Waals surface area contributed by atoms with Crippen LogP contribution in [0.5, 0.6) is 0 Å². The van der Waals surface area contributed by atoms with E-state index in [1.54, 1.807) is 25.3 Å². The summed E-state index contributed by atoms with van der Waals surface area (Å²) in [6.45, 7) is 0.779. The van der Waals surface area contributed by atoms with Crippen LogP contribution in [-0.2, 0) is 9.53 Å². The molecule has 1 rings (SSSR count). The molecule has 0 saturated heterocycles. The number of hydrogen-bond acceptors (Lipinski definition) is 3. The second-order valence-corrected chi connectivity index (χ2v) is 5.28. The molecule has 0 heterocycles. The van der Waals surface area contributed by atoms with Gasteiger partial charge >= 0.3 is 0 Å². The summed E-state index contributed by atoms with van der Waals surface area (Å²) in [7, 11) is 1.63. The van der Waals surface area contributed by atoms with Crippen LogP contribution in [-0.4, -0.2) is 31.3 Å². The molecule has 4 nitrogen and oxygen atoms in total. The third kappa shape index (κ3) is 6.09. The van der Waals surface area contributed by atoms with Gasteiger partial charge in [0.15, 0.2) is 0 Å². The van der Waals surface area contributed by atoms with Gasteiger partial charge in [-0.1, -0.05) is 29.3 Å². The molecular weight excluding hydrogens is 301 g/mol. The van der Waals surface area contributed by atoms with Crippen LogP contribution in [0.3, 0.4) is 0 Å². The molecule has 20 heavy (non-hydrogen) atoms. The number of amides is 1. The lowest BCUT2D eigenvalue weighted by molar-refractivity contribution is -0.121. The monoisotopic (exact) mass is 319 g/mol. The number of benzene rings is 1. The van der Waals surface area contributed by atoms with Gasteiger partial charge in [0.1, 0.15) is 0 Å². The average molecular weight is 320 g/mol. The van der Waals surface area contributed by atoms with Crippen LogP contribution in [0.25, 0.3) is 0 Å². The fourth-order valence-electron chi connectivity index (χ4n) is 1.71. The smallest absolute Gasteiger partial charge is 0.220 e. The van der Waals surface area contributed by atoms with Gasteiger partial charge in [0, 0.05) is 42.3 Å². The lowest BCUT2D eigenvalue weighted by Gasteiger charge is -2.14. The Morgan fingerprint density at radius 2 is 2.15 bits per heavy atom. The molecule has 0 aromatic heterocycles. The summed E-state index contributed by atoms with van der Waals surface area (Å²) in [6.07, 6.45) is 1.18. The Morgan fingerprint density at radius 3 is 2.80 bits per heavy atom. The molecule has 0 fully saturated rings. The van der Waals surface area contributed by atoms with Crippen molar-refractivity contribution < 1.29 is 14.6 Å². The topological polar surface area (TPSA) is 58.6 Å². The Kier molecular flexibility index (Phi) is 7.92. The predicted octanol–water partition coefficient (Wildman–Crippen LogP) is 2.96. The van der Waals surface area contributed by atoms with E-state index in [9.17, 15) is 9.90 Å². The number of aliphatic hydroxyl groups is 1. The van der Waals surface area contributed by atoms with Gasteiger partial charge in [-0.3, -0.25) is 4.79 Å². The maximum Gasteiger partial charge on any atom is 0.220 e. The zero-order valence-electron chi connectivity index (χ0n) is 11.4. The van der Waals surface area contributed by atoms with Crippen molar-refractivity contribution in [1.29, 1.82) is 0 Å². The highest BCUT2D eigenvalue weighted by molar-refractivity contribution is 6.35. The SMILES string of the molecule is COCCCCC(=O)NCC(O)c1ccc(Cl)cc1Cl. The summed E-state index contributed by atoms with van der Waals surface area (Å²) in [4.78, 5) is 11.6. The number of carbonyl (C=O) groups is 1. The van der Waals surface area contributed by atoms with Crippen LogP contribution in [0.4, 0.5) is 0 Å². The molecule has 0 aliphatic carbocycles. The summed E-state index contributed by atoms with van der Waals surface area (Å²) in [5, 5.41) is 13.6. The molecule has 1 unspecified atom stereocenters. The van der Waals surface area contributed by atoms with Crippen LogP contribution in [0, 0.1) is 0 Å². The highest BCUT2D eigenvalue weighted by Crippen LogP contribution is 2.25. The fourth-order valence-corrected chi connectivity index (χ4v) is 2.25. The summed E-state index contributed by atoms with van der Waals surface area (Å²) in [5.41, 5.74) is 0.552. The van der Waals surface area contributed by atoms with Crippen molar-refractivity contribution in [3.63, 3.8) is 0 Å². The third-order valence-corrected chi connectivity index (χ3v) is 3.38. The average Bonchev–Trinajstić information content (AvgIpc) is 2.41. The molecule has 0 saturated carbocycles. The van der Waals surface area contributed by atoms with E-state index in [1.165, 1.54) is 0 Å². The number of aliphatic hydroxyl groups excluding tert-OH is 1. The molecule has 112 valence electrons. The molecule has 6 heteroatoms. The van der Waals surface area contributed by atoms with Gasteiger partial charge in [-0.15, -0.1) is 0 Å². The van der Waals surface area contributed by atoms with E-state index < -0.39 is 6.10 Å². The van der Waals surface area contributed by atoms with Gasteiger partial charge < -0.3 is 15.2 Å². The summed E-state index contributed by atoms with van der Waals surface area (Å²) < 4.78 is 4.91. The number of ether oxygens (including phenoxy) is 1. The third-order valence-electron chi connectivity index (χ3n) is 2.82. The maximum atomic E-state index is 11.6. The number of hydrogen-bond donors (Lipinski definition) is 2. The van der Waals surface area contributed by atoms with Crippen molar-refractivity contribution in [2.24, 2.45) is 0 Å². The molecular formula is C14H19Cl2NO3. The van der Waals surface area contributed by atoms with Crippen LogP contribution < -0.4 is 5.32 Å². The highest BCUT2D eigenvalue weighted by atomic mass is 35.5. The molecule has 0 radical (unpaired) electrons. The Balaban J connectivity index is 2.35. The van der Waals surface area contributed by atoms with Gasteiger partial charge in [0.05, 0.1) is 6.10 Å². The quantitative estimate of drug-likeness (QED) is 0.724. The van der Waals surface area contributed by atoms with Gasteiger partial charge in [0.25, 0.3) is 0 Å². The summed E-state index contributed by atoms with van der Waals surface area (Å²) >= 11 is 11.8. The molecule has 1 amide bonds. The number of carbonyl (C=O) groups excluding carboxylic acids is 1. The van der Waals surface area contributed by atoms with Crippen molar-refractivity contribution in [2.75, 3.05) is 20.3 Å². The molecule has 0 aliphatic heterocycles. The Hall–Kier alpha value is -0.810. The zero-order chi connectivity index (χ0) is 15.0. The summed E-state index contributed by atoms with van der Waals surface area (Å²) in [6, 6.07) is 4.87. The largest absolute Gasteiger partial charge is 0.387 e. The van der Waals surface area contributed by atoms with Gasteiger partial charge in [-0.05, 0) is 25.0 Å². The van der Waals surface area contributed by atoms with E-state index in [1.807, 2.05) is 0 Å². The Morgan fingerprint density at radius 1 is 1.40 bits per heavy atom. The Bertz CT molecular complexity index is 440. The predicted molar refractivity (Wildman–Crippen MR) is 80.2 cm³/mol. The molecule has 0 aliphatic rings. The van der Waals surface area contributed by atoms with Crippen molar-refractivity contribution >= 4 is 29.1 Å². The summed E-state index contributed by atoms with van der Waals surface area (Å²) in [5.74, 6) is -0.0924. The molecule has 0 spiro atoms. The zero-order valence-corrected chi connectivity index (χ0v) is 12.9. The molecule has 2 N–H and O–H groups in total. The van der Waals surface area contributed by atoms with E-state index >= 15 is 0 Å². The number of halogens is 2. The highest BCUT2D eigenvalue weighted by Gasteiger charge is 2.13. The number of unbranched alkanes of at least 4 members (excludes halogenated alkanes) is 1. The second kappa shape index (κ2) is 9.19. The van der Waals surface area contributed by atoms with Crippen molar-refractivity contribution in [3.05, 3.63) is 33.8 Å². The second-order valence-electron chi connectivity index (χ2n) is 4.44. The molecule has 0 bridgehead atoms. The fraction of sp³-hybridized carbons (Fsp3) is 0.500. The van der Waals surface area contributed by atoms with Crippen molar-refractivity contribution in [3.8, 4) is 0 Å². The lowest BCUT2D eigenvalue weighted by Crippen LogP contribution is -2.28. The van der Waals surface area contributed by atoms with Crippen molar-refractivity contribution in [2.45, 2.75) is 25.4 Å². The van der Waals surface area contributed by atoms with Crippen LogP contribution in [0.2, 0.25) is 10.0 Å². The standard InChI is InChI=1S/C14H19Cl2NO3/c1-20-7-3-2-4-14(19)17-9-13(18)11-6-5-10(15)8-12(11)16/h5-6,8,13,18H,2-4,7,9H2,1H3,(H,17,19). The number of methoxy groups -OCH3 is 1. The normalized spacial score (nSPS) is 12.2. The van der Waals surface area contributed by atoms with Crippen LogP contribution in [0.1, 0.15) is 30.9 Å². The maximum absolute atomic E-state index is 11.6. The van der Waals surface area contributed by atoms with Gasteiger partial charge in [0.2, 0.25) is 5.91 Å². The minimum absolute atomic E-state index is 0.0924. The van der Waals surface area contributed by atoms with Gasteiger partial charge in [-0.2, -0.15) is 0 Å². The molecule has 1 aromatic carbocycles. The number of nitrogens with one attached hydrogen (secondary N) is 1. The minimum Gasteiger partial charge on any atom is -0.387 e. The first kappa shape index (κ1) is 17.2. The first-order valence-corrected chi connectivity index (χ1v) is 7.19. The van der Waals surface area contributed by atoms with Gasteiger partial charge in [-0.25, -0.2) is 0 Å². The van der Waals surface area contributed by atoms with E-state index in [0.717, 1.165) is 12.8 Å². The van der Waals surface area contributed by atoms with Crippen molar-refractivity contribution in [1.82, 2.24) is 5.32 Å². The first-order chi connectivity index (χ1) is 9.54.